The Kier molecular flexibility index (Phi) is 3.24. The van der Waals surface area contributed by atoms with E-state index in [2.05, 4.69) is 14.8 Å². The second-order valence-electron chi connectivity index (χ2n) is 3.64. The van der Waals surface area contributed by atoms with Crippen molar-refractivity contribution >= 4 is 0 Å². The summed E-state index contributed by atoms with van der Waals surface area (Å²) in [4.78, 5) is 14.2. The van der Waals surface area contributed by atoms with Crippen LogP contribution in [-0.2, 0) is 0 Å². The number of rotatable bonds is 3. The fraction of sp³-hybridized carbons (Fsp3) is 0.200. The zero-order valence-electron chi connectivity index (χ0n) is 9.49. The van der Waals surface area contributed by atoms with Gasteiger partial charge in [0.05, 0.1) is 5.69 Å². The lowest BCUT2D eigenvalue weighted by Crippen LogP contribution is -2.41. The highest BCUT2D eigenvalue weighted by atomic mass is 19.4. The second-order valence-corrected chi connectivity index (χ2v) is 3.64. The molecule has 1 aromatic carbocycles. The molecule has 0 saturated heterocycles. The molecule has 0 fully saturated rings. The van der Waals surface area contributed by atoms with Gasteiger partial charge in [-0.1, -0.05) is 0 Å². The first-order valence-electron chi connectivity index (χ1n) is 5.07. The predicted molar refractivity (Wildman–Crippen MR) is 55.8 cm³/mol. The molecule has 0 atom stereocenters. The van der Waals surface area contributed by atoms with Gasteiger partial charge in [-0.05, 0) is 24.3 Å². The third kappa shape index (κ3) is 2.78. The van der Waals surface area contributed by atoms with Crippen LogP contribution in [-0.4, -0.2) is 27.0 Å². The van der Waals surface area contributed by atoms with Crippen LogP contribution >= 0.6 is 0 Å². The van der Waals surface area contributed by atoms with Gasteiger partial charge in [-0.15, -0.1) is 0 Å². The normalized spacial score (nSPS) is 12.4. The van der Waals surface area contributed by atoms with Gasteiger partial charge in [0.1, 0.15) is 12.1 Å². The number of ether oxygens (including phenoxy) is 1. The molecule has 0 amide bonds. The highest BCUT2D eigenvalue weighted by Gasteiger charge is 2.61. The number of aromatic amines is 1. The van der Waals surface area contributed by atoms with Crippen molar-refractivity contribution in [3.8, 4) is 11.4 Å². The quantitative estimate of drug-likeness (QED) is 0.882. The molecule has 1 N–H and O–H groups in total. The Morgan fingerprint density at radius 3 is 2.15 bits per heavy atom. The molecule has 5 nitrogen and oxygen atoms in total. The Morgan fingerprint density at radius 2 is 1.70 bits per heavy atom. The summed E-state index contributed by atoms with van der Waals surface area (Å²) < 4.78 is 65.9. The van der Waals surface area contributed by atoms with Crippen molar-refractivity contribution in [2.75, 3.05) is 0 Å². The standard InChI is InChI=1S/C10H6F5N3O2/c11-9(12,13)10(14,15)20-7-3-1-6(2-4-7)18-5-16-8(19)17-18/h1-5H,(H,17,19). The third-order valence-corrected chi connectivity index (χ3v) is 2.20. The van der Waals surface area contributed by atoms with E-state index < -0.39 is 23.7 Å². The van der Waals surface area contributed by atoms with Crippen molar-refractivity contribution in [2.24, 2.45) is 0 Å². The molecule has 0 bridgehead atoms. The summed E-state index contributed by atoms with van der Waals surface area (Å²) >= 11 is 0. The summed E-state index contributed by atoms with van der Waals surface area (Å²) in [5.41, 5.74) is -0.323. The molecule has 1 heterocycles. The molecular weight excluding hydrogens is 289 g/mol. The fourth-order valence-electron chi connectivity index (χ4n) is 1.28. The number of nitrogens with one attached hydrogen (secondary N) is 1. The van der Waals surface area contributed by atoms with Crippen LogP contribution < -0.4 is 10.4 Å². The van der Waals surface area contributed by atoms with Crippen LogP contribution in [0.25, 0.3) is 5.69 Å². The van der Waals surface area contributed by atoms with Crippen LogP contribution in [0.5, 0.6) is 5.75 Å². The predicted octanol–water partition coefficient (Wildman–Crippen LogP) is 2.09. The van der Waals surface area contributed by atoms with Crippen molar-refractivity contribution in [1.29, 1.82) is 0 Å². The molecule has 108 valence electrons. The van der Waals surface area contributed by atoms with Crippen LogP contribution in [0.1, 0.15) is 0 Å². The van der Waals surface area contributed by atoms with Crippen LogP contribution in [0.2, 0.25) is 0 Å². The van der Waals surface area contributed by atoms with Crippen molar-refractivity contribution in [3.05, 3.63) is 41.1 Å². The second kappa shape index (κ2) is 4.62. The molecule has 2 aromatic rings. The minimum absolute atomic E-state index is 0.308. The molecule has 0 spiro atoms. The number of benzene rings is 1. The first-order valence-corrected chi connectivity index (χ1v) is 5.07. The number of hydrogen-bond acceptors (Lipinski definition) is 3. The fourth-order valence-corrected chi connectivity index (χ4v) is 1.28. The molecule has 0 aliphatic heterocycles. The van der Waals surface area contributed by atoms with Crippen molar-refractivity contribution in [1.82, 2.24) is 14.8 Å². The van der Waals surface area contributed by atoms with Gasteiger partial charge in [0.2, 0.25) is 0 Å². The van der Waals surface area contributed by atoms with E-state index in [-0.39, 0.29) is 0 Å². The Hall–Kier alpha value is -2.39. The Labute approximate surface area is 107 Å². The smallest absolute Gasteiger partial charge is 0.426 e. The monoisotopic (exact) mass is 295 g/mol. The highest BCUT2D eigenvalue weighted by molar-refractivity contribution is 5.36. The summed E-state index contributed by atoms with van der Waals surface area (Å²) in [6.45, 7) is 0. The van der Waals surface area contributed by atoms with Gasteiger partial charge < -0.3 is 4.74 Å². The maximum absolute atomic E-state index is 12.6. The average molecular weight is 295 g/mol. The highest BCUT2D eigenvalue weighted by Crippen LogP contribution is 2.37. The van der Waals surface area contributed by atoms with E-state index in [1.165, 1.54) is 12.1 Å². The van der Waals surface area contributed by atoms with Crippen LogP contribution in [0.15, 0.2) is 35.4 Å². The van der Waals surface area contributed by atoms with Crippen molar-refractivity contribution < 1.29 is 26.7 Å². The topological polar surface area (TPSA) is 59.9 Å². The van der Waals surface area contributed by atoms with Gasteiger partial charge >= 0.3 is 18.0 Å². The number of alkyl halides is 5. The summed E-state index contributed by atoms with van der Waals surface area (Å²) in [7, 11) is 0. The van der Waals surface area contributed by atoms with Crippen molar-refractivity contribution in [3.63, 3.8) is 0 Å². The van der Waals surface area contributed by atoms with E-state index in [0.717, 1.165) is 23.1 Å². The number of halogens is 5. The van der Waals surface area contributed by atoms with Gasteiger partial charge in [0.25, 0.3) is 0 Å². The molecule has 2 rings (SSSR count). The number of aromatic nitrogens is 3. The number of hydrogen-bond donors (Lipinski definition) is 1. The molecule has 10 heteroatoms. The van der Waals surface area contributed by atoms with Gasteiger partial charge in [-0.3, -0.25) is 0 Å². The lowest BCUT2D eigenvalue weighted by Gasteiger charge is -2.20. The minimum Gasteiger partial charge on any atom is -0.426 e. The van der Waals surface area contributed by atoms with Gasteiger partial charge in [0.15, 0.2) is 0 Å². The largest absolute Gasteiger partial charge is 0.499 e. The van der Waals surface area contributed by atoms with Gasteiger partial charge in [-0.2, -0.15) is 26.9 Å². The van der Waals surface area contributed by atoms with Crippen LogP contribution in [0, 0.1) is 0 Å². The van der Waals surface area contributed by atoms with E-state index >= 15 is 0 Å². The van der Waals surface area contributed by atoms with E-state index in [9.17, 15) is 26.7 Å². The lowest BCUT2D eigenvalue weighted by molar-refractivity contribution is -0.360. The first-order chi connectivity index (χ1) is 9.19. The van der Waals surface area contributed by atoms with Crippen molar-refractivity contribution in [2.45, 2.75) is 12.3 Å². The maximum atomic E-state index is 12.6. The number of H-pyrrole nitrogens is 1. The van der Waals surface area contributed by atoms with Gasteiger partial charge in [0, 0.05) is 0 Å². The molecule has 0 saturated carbocycles. The van der Waals surface area contributed by atoms with Gasteiger partial charge in [-0.25, -0.2) is 14.6 Å². The average Bonchev–Trinajstić information content (AvgIpc) is 2.75. The lowest BCUT2D eigenvalue weighted by atomic mass is 10.3. The molecule has 20 heavy (non-hydrogen) atoms. The molecule has 0 radical (unpaired) electrons. The Bertz CT molecular complexity index is 644. The molecular formula is C10H6F5N3O2. The summed E-state index contributed by atoms with van der Waals surface area (Å²) in [6.07, 6.45) is -9.96. The maximum Gasteiger partial charge on any atom is 0.499 e. The minimum atomic E-state index is -5.80. The zero-order valence-corrected chi connectivity index (χ0v) is 9.49. The Morgan fingerprint density at radius 1 is 1.10 bits per heavy atom. The summed E-state index contributed by atoms with van der Waals surface area (Å²) in [5.74, 6) is -0.668. The van der Waals surface area contributed by atoms with Crippen LogP contribution in [0.3, 0.4) is 0 Å². The molecule has 0 unspecified atom stereocenters. The van der Waals surface area contributed by atoms with Crippen LogP contribution in [0.4, 0.5) is 22.0 Å². The van der Waals surface area contributed by atoms with E-state index in [1.807, 2.05) is 0 Å². The Balaban J connectivity index is 2.19. The third-order valence-electron chi connectivity index (χ3n) is 2.20. The zero-order chi connectivity index (χ0) is 15.0. The summed E-state index contributed by atoms with van der Waals surface area (Å²) in [6, 6.07) is 4.18. The number of nitrogens with zero attached hydrogens (tertiary/aromatic N) is 2. The molecule has 0 aliphatic rings. The first kappa shape index (κ1) is 14.0. The van der Waals surface area contributed by atoms with E-state index in [1.54, 1.807) is 0 Å². The SMILES string of the molecule is O=c1ncn(-c2ccc(OC(F)(F)C(F)(F)F)cc2)[nH]1. The molecule has 1 aromatic heterocycles. The van der Waals surface area contributed by atoms with E-state index in [0.29, 0.717) is 5.69 Å². The van der Waals surface area contributed by atoms with E-state index in [4.69, 9.17) is 0 Å². The summed E-state index contributed by atoms with van der Waals surface area (Å²) in [5, 5.41) is 2.27. The molecule has 0 aliphatic carbocycles.